The van der Waals surface area contributed by atoms with Crippen LogP contribution in [0.25, 0.3) is 0 Å². The molecule has 1 N–H and O–H groups in total. The number of halogens is 3. The molecule has 1 atom stereocenters. The van der Waals surface area contributed by atoms with Crippen LogP contribution in [0.15, 0.2) is 46.9 Å². The highest BCUT2D eigenvalue weighted by Gasteiger charge is 2.21. The van der Waals surface area contributed by atoms with E-state index in [1.165, 1.54) is 43.3 Å². The molecule has 0 aliphatic heterocycles. The van der Waals surface area contributed by atoms with Crippen molar-refractivity contribution in [3.8, 4) is 0 Å². The second-order valence-corrected chi connectivity index (χ2v) is 5.93. The Kier molecular flexibility index (Phi) is 6.03. The Labute approximate surface area is 145 Å². The van der Waals surface area contributed by atoms with E-state index in [1.807, 2.05) is 0 Å². The van der Waals surface area contributed by atoms with E-state index in [-0.39, 0.29) is 17.9 Å². The molecule has 0 saturated carbocycles. The van der Waals surface area contributed by atoms with E-state index >= 15 is 0 Å². The predicted molar refractivity (Wildman–Crippen MR) is 87.2 cm³/mol. The lowest BCUT2D eigenvalue weighted by atomic mass is 10.2. The smallest absolute Gasteiger partial charge is 0.341 e. The summed E-state index contributed by atoms with van der Waals surface area (Å²) in [5, 5.41) is 2.56. The van der Waals surface area contributed by atoms with E-state index in [0.717, 1.165) is 6.07 Å². The van der Waals surface area contributed by atoms with Crippen LogP contribution in [0.4, 0.5) is 8.78 Å². The van der Waals surface area contributed by atoms with Gasteiger partial charge >= 0.3 is 5.97 Å². The lowest BCUT2D eigenvalue weighted by molar-refractivity contribution is -0.129. The van der Waals surface area contributed by atoms with Crippen molar-refractivity contribution in [1.29, 1.82) is 0 Å². The maximum absolute atomic E-state index is 13.6. The Balaban J connectivity index is 1.92. The number of benzene rings is 2. The fourth-order valence-corrected chi connectivity index (χ4v) is 2.23. The average molecular weight is 398 g/mol. The van der Waals surface area contributed by atoms with Crippen molar-refractivity contribution < 1.29 is 23.1 Å². The molecule has 2 rings (SSSR count). The minimum absolute atomic E-state index is 0.159. The molecule has 7 heteroatoms. The van der Waals surface area contributed by atoms with Gasteiger partial charge in [-0.1, -0.05) is 28.1 Å². The largest absolute Gasteiger partial charge is 0.449 e. The number of hydrogen-bond donors (Lipinski definition) is 1. The van der Waals surface area contributed by atoms with Crippen LogP contribution >= 0.6 is 15.9 Å². The van der Waals surface area contributed by atoms with Crippen LogP contribution in [-0.2, 0) is 16.1 Å². The molecule has 0 unspecified atom stereocenters. The summed E-state index contributed by atoms with van der Waals surface area (Å²) in [6.45, 7) is 1.54. The third-order valence-electron chi connectivity index (χ3n) is 3.18. The number of amides is 1. The first-order valence-electron chi connectivity index (χ1n) is 7.05. The lowest BCUT2D eigenvalue weighted by Gasteiger charge is -2.14. The predicted octanol–water partition coefficient (Wildman–Crippen LogP) is 3.59. The van der Waals surface area contributed by atoms with Crippen molar-refractivity contribution in [3.63, 3.8) is 0 Å². The van der Waals surface area contributed by atoms with Crippen LogP contribution in [0, 0.1) is 11.6 Å². The van der Waals surface area contributed by atoms with Crippen molar-refractivity contribution in [2.75, 3.05) is 0 Å². The van der Waals surface area contributed by atoms with Crippen molar-refractivity contribution in [2.45, 2.75) is 19.6 Å². The zero-order valence-corrected chi connectivity index (χ0v) is 14.3. The number of carbonyl (C=O) groups is 2. The molecule has 0 heterocycles. The summed E-state index contributed by atoms with van der Waals surface area (Å²) >= 11 is 3.14. The minimum Gasteiger partial charge on any atom is -0.449 e. The monoisotopic (exact) mass is 397 g/mol. The number of carbonyl (C=O) groups excluding carboxylic acids is 2. The number of nitrogens with one attached hydrogen (secondary N) is 1. The zero-order valence-electron chi connectivity index (χ0n) is 12.7. The molecule has 4 nitrogen and oxygen atoms in total. The van der Waals surface area contributed by atoms with E-state index in [0.29, 0.717) is 10.0 Å². The molecule has 0 spiro atoms. The first-order chi connectivity index (χ1) is 11.4. The highest BCUT2D eigenvalue weighted by Crippen LogP contribution is 2.17. The van der Waals surface area contributed by atoms with Crippen LogP contribution < -0.4 is 5.32 Å². The molecule has 0 fully saturated rings. The van der Waals surface area contributed by atoms with Gasteiger partial charge in [0.05, 0.1) is 5.56 Å². The summed E-state index contributed by atoms with van der Waals surface area (Å²) in [6, 6.07) is 9.47. The molecule has 0 aliphatic carbocycles. The highest BCUT2D eigenvalue weighted by molar-refractivity contribution is 9.10. The highest BCUT2D eigenvalue weighted by atomic mass is 79.9. The van der Waals surface area contributed by atoms with Crippen LogP contribution in [0.2, 0.25) is 0 Å². The standard InChI is InChI=1S/C17H14BrF2NO3/c1-10(16(22)21-9-11-2-5-13(19)6-3-11)24-17(23)14-8-12(18)4-7-15(14)20/h2-8,10H,9H2,1H3,(H,21,22)/t10-/m1/s1. The quantitative estimate of drug-likeness (QED) is 0.784. The molecule has 2 aromatic carbocycles. The second kappa shape index (κ2) is 8.01. The molecular formula is C17H14BrF2NO3. The van der Waals surface area contributed by atoms with Gasteiger partial charge in [0.15, 0.2) is 6.10 Å². The first kappa shape index (κ1) is 18.1. The molecular weight excluding hydrogens is 384 g/mol. The molecule has 126 valence electrons. The van der Waals surface area contributed by atoms with Crippen molar-refractivity contribution >= 4 is 27.8 Å². The van der Waals surface area contributed by atoms with Crippen molar-refractivity contribution in [3.05, 3.63) is 69.7 Å². The zero-order chi connectivity index (χ0) is 17.7. The minimum atomic E-state index is -1.10. The normalized spacial score (nSPS) is 11.7. The van der Waals surface area contributed by atoms with Gasteiger partial charge in [-0.05, 0) is 42.8 Å². The maximum Gasteiger partial charge on any atom is 0.341 e. The van der Waals surface area contributed by atoms with Crippen LogP contribution in [0.1, 0.15) is 22.8 Å². The van der Waals surface area contributed by atoms with E-state index in [9.17, 15) is 18.4 Å². The van der Waals surface area contributed by atoms with Gasteiger partial charge in [-0.3, -0.25) is 4.79 Å². The Bertz CT molecular complexity index is 750. The summed E-state index contributed by atoms with van der Waals surface area (Å²) in [4.78, 5) is 23.9. The lowest BCUT2D eigenvalue weighted by Crippen LogP contribution is -2.35. The first-order valence-corrected chi connectivity index (χ1v) is 7.84. The second-order valence-electron chi connectivity index (χ2n) is 5.02. The van der Waals surface area contributed by atoms with Crippen LogP contribution in [-0.4, -0.2) is 18.0 Å². The molecule has 0 aliphatic rings. The van der Waals surface area contributed by atoms with E-state index < -0.39 is 23.8 Å². The summed E-state index contributed by atoms with van der Waals surface area (Å²) in [6.07, 6.45) is -1.10. The van der Waals surface area contributed by atoms with E-state index in [4.69, 9.17) is 4.74 Å². The Morgan fingerprint density at radius 1 is 1.17 bits per heavy atom. The Morgan fingerprint density at radius 2 is 1.83 bits per heavy atom. The number of hydrogen-bond acceptors (Lipinski definition) is 3. The molecule has 1 amide bonds. The van der Waals surface area contributed by atoms with Crippen molar-refractivity contribution in [2.24, 2.45) is 0 Å². The molecule has 0 bridgehead atoms. The van der Waals surface area contributed by atoms with Crippen molar-refractivity contribution in [1.82, 2.24) is 5.32 Å². The molecule has 0 radical (unpaired) electrons. The molecule has 24 heavy (non-hydrogen) atoms. The van der Waals surface area contributed by atoms with Crippen LogP contribution in [0.3, 0.4) is 0 Å². The van der Waals surface area contributed by atoms with E-state index in [2.05, 4.69) is 21.2 Å². The van der Waals surface area contributed by atoms with Gasteiger partial charge in [-0.25, -0.2) is 13.6 Å². The molecule has 2 aromatic rings. The maximum atomic E-state index is 13.6. The Hall–Kier alpha value is -2.28. The fraction of sp³-hybridized carbons (Fsp3) is 0.176. The Morgan fingerprint density at radius 3 is 2.50 bits per heavy atom. The van der Waals surface area contributed by atoms with Crippen LogP contribution in [0.5, 0.6) is 0 Å². The topological polar surface area (TPSA) is 55.4 Å². The van der Waals surface area contributed by atoms with Gasteiger partial charge in [0.2, 0.25) is 0 Å². The SMILES string of the molecule is C[C@@H](OC(=O)c1cc(Br)ccc1F)C(=O)NCc1ccc(F)cc1. The third-order valence-corrected chi connectivity index (χ3v) is 3.67. The van der Waals surface area contributed by atoms with Gasteiger partial charge in [-0.15, -0.1) is 0 Å². The number of esters is 1. The summed E-state index contributed by atoms with van der Waals surface area (Å²) in [7, 11) is 0. The average Bonchev–Trinajstić information content (AvgIpc) is 2.56. The number of rotatable bonds is 5. The summed E-state index contributed by atoms with van der Waals surface area (Å²) < 4.78 is 31.9. The fourth-order valence-electron chi connectivity index (χ4n) is 1.87. The summed E-state index contributed by atoms with van der Waals surface area (Å²) in [5.74, 6) is -2.58. The van der Waals surface area contributed by atoms with E-state index in [1.54, 1.807) is 0 Å². The molecule has 0 aromatic heterocycles. The van der Waals surface area contributed by atoms with Gasteiger partial charge in [0.1, 0.15) is 11.6 Å². The van der Waals surface area contributed by atoms with Gasteiger partial charge in [0, 0.05) is 11.0 Å². The third kappa shape index (κ3) is 4.86. The molecule has 0 saturated heterocycles. The van der Waals surface area contributed by atoms with Gasteiger partial charge < -0.3 is 10.1 Å². The summed E-state index contributed by atoms with van der Waals surface area (Å²) in [5.41, 5.74) is 0.434. The van der Waals surface area contributed by atoms with Gasteiger partial charge in [0.25, 0.3) is 5.91 Å². The number of ether oxygens (including phenoxy) is 1. The van der Waals surface area contributed by atoms with Gasteiger partial charge in [-0.2, -0.15) is 0 Å².